The molecule has 2 nitrogen and oxygen atoms in total. The Morgan fingerprint density at radius 3 is 2.87 bits per heavy atom. The Morgan fingerprint density at radius 1 is 1.40 bits per heavy atom. The molecule has 0 aromatic rings. The molecule has 1 rings (SSSR count). The molecule has 1 N–H and O–H groups in total. The van der Waals surface area contributed by atoms with E-state index in [2.05, 4.69) is 36.2 Å². The van der Waals surface area contributed by atoms with Gasteiger partial charge in [-0.3, -0.25) is 4.90 Å². The minimum absolute atomic E-state index is 0.732. The highest BCUT2D eigenvalue weighted by Crippen LogP contribution is 2.08. The zero-order chi connectivity index (χ0) is 10.9. The lowest BCUT2D eigenvalue weighted by molar-refractivity contribution is 0.243. The van der Waals surface area contributed by atoms with Gasteiger partial charge in [0.15, 0.2) is 0 Å². The Bertz CT molecular complexity index is 171. The lowest BCUT2D eigenvalue weighted by atomic mass is 10.0. The van der Waals surface area contributed by atoms with Crippen molar-refractivity contribution >= 4 is 0 Å². The Morgan fingerprint density at radius 2 is 2.27 bits per heavy atom. The highest BCUT2D eigenvalue weighted by Gasteiger charge is 2.15. The molecule has 1 atom stereocenters. The van der Waals surface area contributed by atoms with E-state index in [0.29, 0.717) is 0 Å². The summed E-state index contributed by atoms with van der Waals surface area (Å²) in [5.41, 5.74) is 0. The van der Waals surface area contributed by atoms with Gasteiger partial charge in [-0.2, -0.15) is 0 Å². The van der Waals surface area contributed by atoms with Gasteiger partial charge in [-0.15, -0.1) is 0 Å². The minimum Gasteiger partial charge on any atom is -0.313 e. The number of hydrogen-bond donors (Lipinski definition) is 1. The fraction of sp³-hybridized carbons (Fsp3) is 0.846. The standard InChI is InChI=1S/C13H26N2/c1-3-5-11-15(10-4-2)12-13-8-6-7-9-14-13/h3,5,13-14H,4,6-12H2,1-2H3/b5-3+. The molecule has 1 saturated heterocycles. The van der Waals surface area contributed by atoms with Crippen molar-refractivity contribution in [2.24, 2.45) is 0 Å². The molecule has 0 aliphatic carbocycles. The summed E-state index contributed by atoms with van der Waals surface area (Å²) in [6.07, 6.45) is 9.79. The van der Waals surface area contributed by atoms with Gasteiger partial charge in [-0.05, 0) is 39.3 Å². The van der Waals surface area contributed by atoms with Crippen LogP contribution in [0.4, 0.5) is 0 Å². The van der Waals surface area contributed by atoms with Crippen molar-refractivity contribution in [2.45, 2.75) is 45.6 Å². The van der Waals surface area contributed by atoms with Gasteiger partial charge in [0, 0.05) is 19.1 Å². The molecule has 0 aromatic heterocycles. The highest BCUT2D eigenvalue weighted by atomic mass is 15.1. The van der Waals surface area contributed by atoms with Crippen LogP contribution >= 0.6 is 0 Å². The van der Waals surface area contributed by atoms with Crippen LogP contribution in [0, 0.1) is 0 Å². The van der Waals surface area contributed by atoms with Crippen molar-refractivity contribution < 1.29 is 0 Å². The third kappa shape index (κ3) is 5.33. The average molecular weight is 210 g/mol. The third-order valence-corrected chi connectivity index (χ3v) is 3.03. The van der Waals surface area contributed by atoms with Gasteiger partial charge >= 0.3 is 0 Å². The van der Waals surface area contributed by atoms with E-state index in [1.54, 1.807) is 0 Å². The molecule has 15 heavy (non-hydrogen) atoms. The summed E-state index contributed by atoms with van der Waals surface area (Å²) in [5.74, 6) is 0. The van der Waals surface area contributed by atoms with Crippen LogP contribution in [0.5, 0.6) is 0 Å². The summed E-state index contributed by atoms with van der Waals surface area (Å²) < 4.78 is 0. The van der Waals surface area contributed by atoms with E-state index >= 15 is 0 Å². The largest absolute Gasteiger partial charge is 0.313 e. The van der Waals surface area contributed by atoms with Crippen LogP contribution in [0.15, 0.2) is 12.2 Å². The Labute approximate surface area is 94.7 Å². The first-order valence-electron chi connectivity index (χ1n) is 6.43. The Balaban J connectivity index is 2.27. The van der Waals surface area contributed by atoms with Crippen molar-refractivity contribution in [3.8, 4) is 0 Å². The molecular weight excluding hydrogens is 184 g/mol. The maximum Gasteiger partial charge on any atom is 0.0195 e. The summed E-state index contributed by atoms with van der Waals surface area (Å²) >= 11 is 0. The van der Waals surface area contributed by atoms with Gasteiger partial charge in [0.2, 0.25) is 0 Å². The molecular formula is C13H26N2. The SMILES string of the molecule is C/C=C/CN(CCC)CC1CCCCN1. The van der Waals surface area contributed by atoms with Crippen molar-refractivity contribution in [2.75, 3.05) is 26.2 Å². The maximum atomic E-state index is 3.62. The van der Waals surface area contributed by atoms with Crippen LogP contribution in [0.3, 0.4) is 0 Å². The van der Waals surface area contributed by atoms with E-state index in [1.807, 2.05) is 0 Å². The van der Waals surface area contributed by atoms with Gasteiger partial charge in [-0.25, -0.2) is 0 Å². The molecule has 1 heterocycles. The zero-order valence-electron chi connectivity index (χ0n) is 10.3. The van der Waals surface area contributed by atoms with Crippen molar-refractivity contribution in [1.82, 2.24) is 10.2 Å². The van der Waals surface area contributed by atoms with Gasteiger partial charge in [0.1, 0.15) is 0 Å². The number of nitrogens with one attached hydrogen (secondary N) is 1. The number of piperidine rings is 1. The van der Waals surface area contributed by atoms with Crippen LogP contribution in [-0.4, -0.2) is 37.1 Å². The molecule has 0 aromatic carbocycles. The van der Waals surface area contributed by atoms with Crippen LogP contribution in [0.2, 0.25) is 0 Å². The monoisotopic (exact) mass is 210 g/mol. The third-order valence-electron chi connectivity index (χ3n) is 3.03. The molecule has 0 bridgehead atoms. The molecule has 1 fully saturated rings. The summed E-state index contributed by atoms with van der Waals surface area (Å²) in [7, 11) is 0. The van der Waals surface area contributed by atoms with E-state index in [0.717, 1.165) is 12.6 Å². The number of allylic oxidation sites excluding steroid dienone is 1. The van der Waals surface area contributed by atoms with E-state index < -0.39 is 0 Å². The molecule has 1 aliphatic rings. The number of rotatable bonds is 6. The molecule has 0 spiro atoms. The van der Waals surface area contributed by atoms with Crippen molar-refractivity contribution in [3.05, 3.63) is 12.2 Å². The van der Waals surface area contributed by atoms with Gasteiger partial charge in [-0.1, -0.05) is 25.5 Å². The molecule has 1 aliphatic heterocycles. The normalized spacial score (nSPS) is 22.7. The lowest BCUT2D eigenvalue weighted by Gasteiger charge is -2.29. The molecule has 1 unspecified atom stereocenters. The van der Waals surface area contributed by atoms with Crippen LogP contribution in [0.1, 0.15) is 39.5 Å². The Kier molecular flexibility index (Phi) is 6.69. The summed E-state index contributed by atoms with van der Waals surface area (Å²) in [6, 6.07) is 0.732. The first-order valence-corrected chi connectivity index (χ1v) is 6.43. The van der Waals surface area contributed by atoms with E-state index in [1.165, 1.54) is 45.3 Å². The summed E-state index contributed by atoms with van der Waals surface area (Å²) in [5, 5.41) is 3.62. The quantitative estimate of drug-likeness (QED) is 0.677. The molecule has 88 valence electrons. The second-order valence-corrected chi connectivity index (χ2v) is 4.48. The molecule has 0 saturated carbocycles. The van der Waals surface area contributed by atoms with Gasteiger partial charge < -0.3 is 5.32 Å². The minimum atomic E-state index is 0.732. The summed E-state index contributed by atoms with van der Waals surface area (Å²) in [4.78, 5) is 2.56. The van der Waals surface area contributed by atoms with Gasteiger partial charge in [0.05, 0.1) is 0 Å². The predicted octanol–water partition coefficient (Wildman–Crippen LogP) is 2.42. The first kappa shape index (κ1) is 12.7. The average Bonchev–Trinajstić information content (AvgIpc) is 2.28. The number of nitrogens with zero attached hydrogens (tertiary/aromatic N) is 1. The smallest absolute Gasteiger partial charge is 0.0195 e. The van der Waals surface area contributed by atoms with Crippen LogP contribution < -0.4 is 5.32 Å². The van der Waals surface area contributed by atoms with Crippen LogP contribution in [-0.2, 0) is 0 Å². The second kappa shape index (κ2) is 7.89. The van der Waals surface area contributed by atoms with Gasteiger partial charge in [0.25, 0.3) is 0 Å². The van der Waals surface area contributed by atoms with E-state index in [9.17, 15) is 0 Å². The topological polar surface area (TPSA) is 15.3 Å². The fourth-order valence-corrected chi connectivity index (χ4v) is 2.22. The van der Waals surface area contributed by atoms with E-state index in [-0.39, 0.29) is 0 Å². The van der Waals surface area contributed by atoms with E-state index in [4.69, 9.17) is 0 Å². The van der Waals surface area contributed by atoms with Crippen LogP contribution in [0.25, 0.3) is 0 Å². The molecule has 0 amide bonds. The molecule has 0 radical (unpaired) electrons. The lowest BCUT2D eigenvalue weighted by Crippen LogP contribution is -2.43. The zero-order valence-corrected chi connectivity index (χ0v) is 10.3. The predicted molar refractivity (Wildman–Crippen MR) is 67.2 cm³/mol. The molecule has 2 heteroatoms. The second-order valence-electron chi connectivity index (χ2n) is 4.48. The summed E-state index contributed by atoms with van der Waals surface area (Å²) in [6.45, 7) is 9.14. The maximum absolute atomic E-state index is 3.62. The fourth-order valence-electron chi connectivity index (χ4n) is 2.22. The highest BCUT2D eigenvalue weighted by molar-refractivity contribution is 4.84. The van der Waals surface area contributed by atoms with Crippen molar-refractivity contribution in [3.63, 3.8) is 0 Å². The van der Waals surface area contributed by atoms with Crippen molar-refractivity contribution in [1.29, 1.82) is 0 Å². The first-order chi connectivity index (χ1) is 7.36. The number of hydrogen-bond acceptors (Lipinski definition) is 2. The Hall–Kier alpha value is -0.340.